The van der Waals surface area contributed by atoms with Crippen molar-refractivity contribution in [1.82, 2.24) is 0 Å². The molecule has 0 saturated heterocycles. The minimum Gasteiger partial charge on any atom is -0.434 e. The quantitative estimate of drug-likeness (QED) is 0.366. The number of ether oxygens (including phenoxy) is 1. The summed E-state index contributed by atoms with van der Waals surface area (Å²) in [6, 6.07) is 0. The highest BCUT2D eigenvalue weighted by Crippen LogP contribution is 2.17. The molecule has 0 aromatic rings. The summed E-state index contributed by atoms with van der Waals surface area (Å²) in [6.07, 6.45) is 10.6. The normalized spacial score (nSPS) is 13.1. The van der Waals surface area contributed by atoms with Crippen LogP contribution < -0.4 is 0 Å². The molecule has 0 saturated carbocycles. The molecular weight excluding hydrogens is 236 g/mol. The zero-order valence-electron chi connectivity index (χ0n) is 13.0. The Morgan fingerprint density at radius 2 is 1.95 bits per heavy atom. The molecule has 0 aromatic heterocycles. The molecule has 0 aliphatic carbocycles. The van der Waals surface area contributed by atoms with Gasteiger partial charge in [0.15, 0.2) is 0 Å². The average molecular weight is 264 g/mol. The highest BCUT2D eigenvalue weighted by molar-refractivity contribution is 5.75. The van der Waals surface area contributed by atoms with Crippen LogP contribution in [0.3, 0.4) is 0 Å². The lowest BCUT2D eigenvalue weighted by Crippen LogP contribution is -2.20. The van der Waals surface area contributed by atoms with Crippen molar-refractivity contribution in [3.8, 4) is 0 Å². The number of carbonyl (C=O) groups is 1. The zero-order chi connectivity index (χ0) is 14.9. The molecule has 0 aliphatic heterocycles. The van der Waals surface area contributed by atoms with Gasteiger partial charge in [0.05, 0.1) is 11.7 Å². The summed E-state index contributed by atoms with van der Waals surface area (Å²) < 4.78 is 5.08. The Balaban J connectivity index is 4.04. The molecule has 0 radical (unpaired) electrons. The van der Waals surface area contributed by atoms with Crippen LogP contribution in [0.1, 0.15) is 53.9 Å². The van der Waals surface area contributed by atoms with Gasteiger partial charge >= 0.3 is 5.97 Å². The van der Waals surface area contributed by atoms with E-state index in [-0.39, 0.29) is 5.97 Å². The van der Waals surface area contributed by atoms with Gasteiger partial charge in [-0.05, 0) is 65.9 Å². The molecule has 108 valence electrons. The lowest BCUT2D eigenvalue weighted by Gasteiger charge is -2.14. The summed E-state index contributed by atoms with van der Waals surface area (Å²) in [4.78, 5) is 11.5. The maximum absolute atomic E-state index is 11.5. The van der Waals surface area contributed by atoms with Gasteiger partial charge in [0.1, 0.15) is 0 Å². The second-order valence-electron chi connectivity index (χ2n) is 6.12. The maximum atomic E-state index is 11.5. The van der Waals surface area contributed by atoms with Crippen molar-refractivity contribution in [3.63, 3.8) is 0 Å². The largest absolute Gasteiger partial charge is 0.434 e. The van der Waals surface area contributed by atoms with Gasteiger partial charge in [-0.15, -0.1) is 6.58 Å². The van der Waals surface area contributed by atoms with Crippen LogP contribution in [0.4, 0.5) is 0 Å². The number of allylic oxidation sites excluding steroid dienone is 4. The molecule has 1 atom stereocenters. The average Bonchev–Trinajstić information content (AvgIpc) is 2.30. The first-order chi connectivity index (χ1) is 8.77. The van der Waals surface area contributed by atoms with Crippen LogP contribution in [0, 0.1) is 11.3 Å². The number of hydrogen-bond acceptors (Lipinski definition) is 2. The molecular formula is C17H28O2. The second-order valence-corrected chi connectivity index (χ2v) is 6.12. The van der Waals surface area contributed by atoms with Crippen molar-refractivity contribution < 1.29 is 9.53 Å². The Morgan fingerprint density at radius 1 is 1.32 bits per heavy atom. The van der Waals surface area contributed by atoms with E-state index in [1.807, 2.05) is 32.9 Å². The first-order valence-electron chi connectivity index (χ1n) is 6.89. The van der Waals surface area contributed by atoms with Gasteiger partial charge in [-0.25, -0.2) is 0 Å². The Morgan fingerprint density at radius 3 is 2.42 bits per heavy atom. The first kappa shape index (κ1) is 17.7. The Labute approximate surface area is 118 Å². The lowest BCUT2D eigenvalue weighted by atomic mass is 9.97. The molecule has 0 rings (SSSR count). The molecule has 0 bridgehead atoms. The smallest absolute Gasteiger partial charge is 0.316 e. The zero-order valence-corrected chi connectivity index (χ0v) is 13.0. The molecule has 0 aromatic carbocycles. The van der Waals surface area contributed by atoms with Crippen molar-refractivity contribution >= 4 is 5.97 Å². The molecule has 2 heteroatoms. The van der Waals surface area contributed by atoms with Crippen molar-refractivity contribution in [2.24, 2.45) is 11.3 Å². The monoisotopic (exact) mass is 264 g/mol. The summed E-state index contributed by atoms with van der Waals surface area (Å²) >= 11 is 0. The number of carbonyl (C=O) groups excluding carboxylic acids is 1. The van der Waals surface area contributed by atoms with Gasteiger partial charge in [0.2, 0.25) is 0 Å². The fourth-order valence-electron chi connectivity index (χ4n) is 1.44. The van der Waals surface area contributed by atoms with E-state index in [0.29, 0.717) is 5.92 Å². The fourth-order valence-corrected chi connectivity index (χ4v) is 1.44. The summed E-state index contributed by atoms with van der Waals surface area (Å²) in [5, 5.41) is 0. The predicted molar refractivity (Wildman–Crippen MR) is 81.7 cm³/mol. The topological polar surface area (TPSA) is 26.3 Å². The van der Waals surface area contributed by atoms with Crippen molar-refractivity contribution in [3.05, 3.63) is 36.6 Å². The van der Waals surface area contributed by atoms with Crippen LogP contribution in [0.2, 0.25) is 0 Å². The standard InChI is InChI=1S/C17H28O2/c1-7-15(11-8-10-14(2)3)12-9-13-19-16(18)17(4,5)6/h7,9-10,13,15H,1,8,11-12H2,2-6H3/b13-9+. The van der Waals surface area contributed by atoms with Gasteiger partial charge in [-0.3, -0.25) is 4.79 Å². The lowest BCUT2D eigenvalue weighted by molar-refractivity contribution is -0.146. The number of rotatable bonds is 7. The van der Waals surface area contributed by atoms with Gasteiger partial charge in [-0.1, -0.05) is 17.7 Å². The van der Waals surface area contributed by atoms with Gasteiger partial charge in [-0.2, -0.15) is 0 Å². The Hall–Kier alpha value is -1.31. The van der Waals surface area contributed by atoms with E-state index >= 15 is 0 Å². The SMILES string of the molecule is C=CC(C/C=C/OC(=O)C(C)(C)C)CCC=C(C)C. The summed E-state index contributed by atoms with van der Waals surface area (Å²) in [7, 11) is 0. The second kappa shape index (κ2) is 8.73. The first-order valence-corrected chi connectivity index (χ1v) is 6.89. The predicted octanol–water partition coefficient (Wildman–Crippen LogP) is 5.03. The highest BCUT2D eigenvalue weighted by atomic mass is 16.5. The van der Waals surface area contributed by atoms with Crippen LogP contribution in [-0.2, 0) is 9.53 Å². The molecule has 0 amide bonds. The van der Waals surface area contributed by atoms with E-state index in [9.17, 15) is 4.79 Å². The van der Waals surface area contributed by atoms with Crippen molar-refractivity contribution in [2.45, 2.75) is 53.9 Å². The minimum absolute atomic E-state index is 0.205. The van der Waals surface area contributed by atoms with Crippen LogP contribution >= 0.6 is 0 Å². The molecule has 0 aliphatic rings. The van der Waals surface area contributed by atoms with Gasteiger partial charge < -0.3 is 4.74 Å². The van der Waals surface area contributed by atoms with Gasteiger partial charge in [0.25, 0.3) is 0 Å². The van der Waals surface area contributed by atoms with Crippen molar-refractivity contribution in [2.75, 3.05) is 0 Å². The van der Waals surface area contributed by atoms with E-state index in [1.165, 1.54) is 11.8 Å². The molecule has 19 heavy (non-hydrogen) atoms. The van der Waals surface area contributed by atoms with Crippen LogP contribution in [-0.4, -0.2) is 5.97 Å². The van der Waals surface area contributed by atoms with Crippen LogP contribution in [0.25, 0.3) is 0 Å². The van der Waals surface area contributed by atoms with E-state index in [2.05, 4.69) is 26.5 Å². The van der Waals surface area contributed by atoms with Crippen molar-refractivity contribution in [1.29, 1.82) is 0 Å². The summed E-state index contributed by atoms with van der Waals surface area (Å²) in [5.41, 5.74) is 0.892. The Kier molecular flexibility index (Phi) is 8.13. The molecule has 2 nitrogen and oxygen atoms in total. The molecule has 0 N–H and O–H groups in total. The third-order valence-corrected chi connectivity index (χ3v) is 2.75. The van der Waals surface area contributed by atoms with E-state index in [1.54, 1.807) is 0 Å². The number of esters is 1. The Bertz CT molecular complexity index is 339. The van der Waals surface area contributed by atoms with E-state index < -0.39 is 5.41 Å². The van der Waals surface area contributed by atoms with E-state index in [4.69, 9.17) is 4.74 Å². The van der Waals surface area contributed by atoms with Gasteiger partial charge in [0, 0.05) is 0 Å². The molecule has 0 heterocycles. The third kappa shape index (κ3) is 9.29. The van der Waals surface area contributed by atoms with Crippen LogP contribution in [0.15, 0.2) is 36.6 Å². The molecule has 1 unspecified atom stereocenters. The maximum Gasteiger partial charge on any atom is 0.316 e. The summed E-state index contributed by atoms with van der Waals surface area (Å²) in [6.45, 7) is 13.6. The molecule has 0 fully saturated rings. The highest BCUT2D eigenvalue weighted by Gasteiger charge is 2.22. The summed E-state index contributed by atoms with van der Waals surface area (Å²) in [5.74, 6) is 0.226. The molecule has 0 spiro atoms. The minimum atomic E-state index is -0.453. The van der Waals surface area contributed by atoms with Crippen LogP contribution in [0.5, 0.6) is 0 Å². The number of hydrogen-bond donors (Lipinski definition) is 0. The van der Waals surface area contributed by atoms with E-state index in [0.717, 1.165) is 19.3 Å². The fraction of sp³-hybridized carbons (Fsp3) is 0.588. The third-order valence-electron chi connectivity index (χ3n) is 2.75.